The Balaban J connectivity index is 1.28. The third kappa shape index (κ3) is 2.88. The van der Waals surface area contributed by atoms with Gasteiger partial charge in [0.1, 0.15) is 5.75 Å². The predicted molar refractivity (Wildman–Crippen MR) is 125 cm³/mol. The largest absolute Gasteiger partial charge is 0.508 e. The van der Waals surface area contributed by atoms with Gasteiger partial charge in [0, 0.05) is 23.6 Å². The first-order chi connectivity index (χ1) is 16.1. The number of hydrogen-bond acceptors (Lipinski definition) is 4. The molecule has 2 aromatic rings. The summed E-state index contributed by atoms with van der Waals surface area (Å²) in [6.07, 6.45) is 7.73. The monoisotopic (exact) mass is 444 g/mol. The van der Waals surface area contributed by atoms with Crippen LogP contribution in [0, 0.1) is 5.92 Å². The van der Waals surface area contributed by atoms with Crippen LogP contribution in [0.4, 0.5) is 0 Å². The van der Waals surface area contributed by atoms with Crippen molar-refractivity contribution < 1.29 is 14.6 Å². The van der Waals surface area contributed by atoms with Gasteiger partial charge in [-0.05, 0) is 92.8 Å². The van der Waals surface area contributed by atoms with Gasteiger partial charge in [0.05, 0.1) is 17.7 Å². The number of rotatable bonds is 4. The van der Waals surface area contributed by atoms with Gasteiger partial charge in [0.15, 0.2) is 0 Å². The van der Waals surface area contributed by atoms with E-state index in [1.54, 1.807) is 0 Å². The smallest absolute Gasteiger partial charge is 0.251 e. The molecule has 1 spiro atoms. The lowest BCUT2D eigenvalue weighted by atomic mass is 9.51. The van der Waals surface area contributed by atoms with Crippen LogP contribution in [0.15, 0.2) is 48.5 Å². The van der Waals surface area contributed by atoms with E-state index >= 15 is 0 Å². The summed E-state index contributed by atoms with van der Waals surface area (Å²) in [4.78, 5) is 15.8. The number of amides is 1. The number of phenolic OH excluding ortho intramolecular Hbond substituents is 1. The van der Waals surface area contributed by atoms with Crippen LogP contribution in [0.25, 0.3) is 0 Å². The second-order valence-corrected chi connectivity index (χ2v) is 11.1. The van der Waals surface area contributed by atoms with Crippen molar-refractivity contribution in [1.29, 1.82) is 0 Å². The van der Waals surface area contributed by atoms with E-state index in [-0.39, 0.29) is 29.1 Å². The number of hydrogen-bond donors (Lipinski definition) is 2. The van der Waals surface area contributed by atoms with Crippen LogP contribution >= 0.6 is 0 Å². The molecule has 4 bridgehead atoms. The number of likely N-dealkylation sites (tertiary alicyclic amines) is 1. The lowest BCUT2D eigenvalue weighted by Gasteiger charge is -2.65. The third-order valence-electron chi connectivity index (χ3n) is 9.36. The van der Waals surface area contributed by atoms with Crippen molar-refractivity contribution >= 4 is 5.91 Å². The van der Waals surface area contributed by atoms with Crippen LogP contribution < -0.4 is 5.32 Å². The molecule has 33 heavy (non-hydrogen) atoms. The van der Waals surface area contributed by atoms with E-state index in [0.29, 0.717) is 17.4 Å². The molecule has 4 fully saturated rings. The fourth-order valence-corrected chi connectivity index (χ4v) is 7.72. The Morgan fingerprint density at radius 1 is 1.12 bits per heavy atom. The van der Waals surface area contributed by atoms with Crippen molar-refractivity contribution in [3.63, 3.8) is 0 Å². The summed E-state index contributed by atoms with van der Waals surface area (Å²) in [6.45, 7) is 2.27. The van der Waals surface area contributed by atoms with Crippen LogP contribution in [-0.2, 0) is 16.6 Å². The first kappa shape index (κ1) is 20.0. The molecule has 3 heterocycles. The van der Waals surface area contributed by atoms with Gasteiger partial charge in [-0.2, -0.15) is 0 Å². The molecule has 2 N–H and O–H groups in total. The summed E-state index contributed by atoms with van der Waals surface area (Å²) in [7, 11) is 0. The van der Waals surface area contributed by atoms with E-state index in [0.717, 1.165) is 44.6 Å². The molecule has 2 aliphatic carbocycles. The lowest BCUT2D eigenvalue weighted by molar-refractivity contribution is -0.208. The Labute approximate surface area is 195 Å². The van der Waals surface area contributed by atoms with Gasteiger partial charge in [-0.3, -0.25) is 9.69 Å². The summed E-state index contributed by atoms with van der Waals surface area (Å²) in [5.41, 5.74) is 2.95. The molecule has 1 amide bonds. The van der Waals surface area contributed by atoms with Gasteiger partial charge in [0.2, 0.25) is 0 Å². The molecule has 0 radical (unpaired) electrons. The highest BCUT2D eigenvalue weighted by molar-refractivity contribution is 5.94. The molecular weight excluding hydrogens is 412 g/mol. The fraction of sp³-hybridized carbons (Fsp3) is 0.536. The van der Waals surface area contributed by atoms with Crippen LogP contribution in [0.2, 0.25) is 0 Å². The van der Waals surface area contributed by atoms with Crippen LogP contribution in [0.1, 0.15) is 60.0 Å². The maximum atomic E-state index is 13.1. The van der Waals surface area contributed by atoms with Crippen molar-refractivity contribution in [2.75, 3.05) is 13.1 Å². The number of piperidine rings is 1. The fourth-order valence-electron chi connectivity index (χ4n) is 7.72. The molecular formula is C28H32N2O3. The number of nitrogens with one attached hydrogen (secondary N) is 1. The van der Waals surface area contributed by atoms with Gasteiger partial charge in [0.25, 0.3) is 5.91 Å². The van der Waals surface area contributed by atoms with Crippen LogP contribution in [-0.4, -0.2) is 52.8 Å². The molecule has 7 rings (SSSR count). The molecule has 5 heteroatoms. The van der Waals surface area contributed by atoms with Gasteiger partial charge < -0.3 is 15.2 Å². The van der Waals surface area contributed by atoms with Crippen molar-refractivity contribution in [2.45, 2.75) is 74.1 Å². The van der Waals surface area contributed by atoms with Crippen molar-refractivity contribution in [1.82, 2.24) is 10.2 Å². The Morgan fingerprint density at radius 2 is 1.97 bits per heavy atom. The SMILES string of the molecule is O=C(N[C@H]1C[C@]23CCN(CC4CC4)[C@H](Cc4ccc(O)cc42)[C@@]32CCC1O2)c1ccccc1. The highest BCUT2D eigenvalue weighted by atomic mass is 16.5. The first-order valence-corrected chi connectivity index (χ1v) is 12.7. The molecule has 5 atom stereocenters. The number of carbonyl (C=O) groups is 1. The number of phenols is 1. The Bertz CT molecular complexity index is 1100. The second kappa shape index (κ2) is 7.07. The van der Waals surface area contributed by atoms with Crippen LogP contribution in [0.5, 0.6) is 5.75 Å². The van der Waals surface area contributed by atoms with E-state index in [2.05, 4.69) is 16.3 Å². The summed E-state index contributed by atoms with van der Waals surface area (Å²) in [5, 5.41) is 13.8. The average molecular weight is 445 g/mol. The van der Waals surface area contributed by atoms with Crippen molar-refractivity contribution in [3.05, 3.63) is 65.2 Å². The quantitative estimate of drug-likeness (QED) is 0.753. The maximum absolute atomic E-state index is 13.1. The van der Waals surface area contributed by atoms with Crippen LogP contribution in [0.3, 0.4) is 0 Å². The minimum Gasteiger partial charge on any atom is -0.508 e. The standard InChI is InChI=1S/C28H32N2O3/c31-21-9-8-20-14-25-28-11-10-24(33-28)23(29-26(32)19-4-2-1-3-5-19)16-27(28,22(20)15-21)12-13-30(25)17-18-6-7-18/h1-5,8-9,15,18,23-25,31H,6-7,10-14,16-17H2,(H,29,32)/t23-,24?,25+,27+,28-/m0/s1. The van der Waals surface area contributed by atoms with E-state index in [1.165, 1.54) is 30.5 Å². The summed E-state index contributed by atoms with van der Waals surface area (Å²) in [5.74, 6) is 1.17. The topological polar surface area (TPSA) is 61.8 Å². The van der Waals surface area contributed by atoms with Crippen molar-refractivity contribution in [2.24, 2.45) is 5.92 Å². The van der Waals surface area contributed by atoms with E-state index in [1.807, 2.05) is 42.5 Å². The summed E-state index contributed by atoms with van der Waals surface area (Å²) < 4.78 is 7.09. The molecule has 172 valence electrons. The minimum atomic E-state index is -0.209. The average Bonchev–Trinajstić information content (AvgIpc) is 3.57. The number of aromatic hydroxyl groups is 1. The highest BCUT2D eigenvalue weighted by Gasteiger charge is 2.70. The second-order valence-electron chi connectivity index (χ2n) is 11.1. The molecule has 2 aromatic carbocycles. The van der Waals surface area contributed by atoms with Gasteiger partial charge in [-0.1, -0.05) is 24.3 Å². The Kier molecular flexibility index (Phi) is 4.29. The maximum Gasteiger partial charge on any atom is 0.251 e. The number of ether oxygens (including phenoxy) is 1. The molecule has 3 aliphatic heterocycles. The van der Waals surface area contributed by atoms with Crippen molar-refractivity contribution in [3.8, 4) is 5.75 Å². The number of benzene rings is 2. The normalized spacial score (nSPS) is 36.7. The van der Waals surface area contributed by atoms with E-state index < -0.39 is 0 Å². The number of nitrogens with zero attached hydrogens (tertiary/aromatic N) is 1. The molecule has 0 aromatic heterocycles. The summed E-state index contributed by atoms with van der Waals surface area (Å²) >= 11 is 0. The zero-order valence-corrected chi connectivity index (χ0v) is 19.0. The Morgan fingerprint density at radius 3 is 2.79 bits per heavy atom. The van der Waals surface area contributed by atoms with E-state index in [9.17, 15) is 9.90 Å². The Hall–Kier alpha value is -2.37. The number of carbonyl (C=O) groups excluding carboxylic acids is 1. The highest BCUT2D eigenvalue weighted by Crippen LogP contribution is 2.63. The molecule has 3 saturated heterocycles. The predicted octanol–water partition coefficient (Wildman–Crippen LogP) is 3.79. The molecule has 1 unspecified atom stereocenters. The van der Waals surface area contributed by atoms with E-state index in [4.69, 9.17) is 4.74 Å². The molecule has 1 saturated carbocycles. The number of fused-ring (bicyclic) bond motifs is 2. The van der Waals surface area contributed by atoms with Gasteiger partial charge in [-0.25, -0.2) is 0 Å². The zero-order chi connectivity index (χ0) is 22.2. The zero-order valence-electron chi connectivity index (χ0n) is 19.0. The first-order valence-electron chi connectivity index (χ1n) is 12.7. The molecule has 5 nitrogen and oxygen atoms in total. The van der Waals surface area contributed by atoms with Gasteiger partial charge >= 0.3 is 0 Å². The third-order valence-corrected chi connectivity index (χ3v) is 9.36. The summed E-state index contributed by atoms with van der Waals surface area (Å²) in [6, 6.07) is 15.8. The lowest BCUT2D eigenvalue weighted by Crippen LogP contribution is -2.74. The molecule has 5 aliphatic rings. The van der Waals surface area contributed by atoms with Gasteiger partial charge in [-0.15, -0.1) is 0 Å². The minimum absolute atomic E-state index is 0.0164.